The number of nitriles is 1. The molecule has 1 N–H and O–H groups in total. The zero-order valence-corrected chi connectivity index (χ0v) is 12.3. The molecule has 0 bridgehead atoms. The number of nitrogens with zero attached hydrogens (tertiary/aromatic N) is 1. The number of anilines is 1. The van der Waals surface area contributed by atoms with Gasteiger partial charge in [0.25, 0.3) is 5.91 Å². The topological polar surface area (TPSA) is 52.9 Å². The largest absolute Gasteiger partial charge is 0.321 e. The van der Waals surface area contributed by atoms with Crippen LogP contribution in [0.25, 0.3) is 6.08 Å². The third kappa shape index (κ3) is 3.70. The molecule has 0 fully saturated rings. The number of amides is 1. The van der Waals surface area contributed by atoms with Crippen LogP contribution in [0, 0.1) is 18.3 Å². The first-order chi connectivity index (χ1) is 9.58. The molecule has 100 valence electrons. The second kappa shape index (κ2) is 6.38. The number of thiophene rings is 1. The Labute approximate surface area is 126 Å². The molecule has 1 aromatic carbocycles. The normalized spacial score (nSPS) is 10.9. The van der Waals surface area contributed by atoms with Crippen LogP contribution in [0.5, 0.6) is 0 Å². The minimum Gasteiger partial charge on any atom is -0.321 e. The third-order valence-electron chi connectivity index (χ3n) is 2.52. The monoisotopic (exact) mass is 302 g/mol. The fourth-order valence-corrected chi connectivity index (χ4v) is 2.62. The lowest BCUT2D eigenvalue weighted by atomic mass is 10.2. The van der Waals surface area contributed by atoms with Crippen molar-refractivity contribution in [2.24, 2.45) is 0 Å². The first-order valence-electron chi connectivity index (χ1n) is 5.83. The summed E-state index contributed by atoms with van der Waals surface area (Å²) >= 11 is 7.14. The van der Waals surface area contributed by atoms with Gasteiger partial charge in [0.2, 0.25) is 0 Å². The Bertz CT molecular complexity index is 713. The molecule has 20 heavy (non-hydrogen) atoms. The van der Waals surface area contributed by atoms with E-state index in [-0.39, 0.29) is 5.57 Å². The Hall–Kier alpha value is -2.09. The Balaban J connectivity index is 2.18. The standard InChI is InChI=1S/C15H11ClN2OS/c1-10-3-2-4-12(7-10)18-15(19)11(9-17)8-13-5-6-14(16)20-13/h2-8H,1H3,(H,18,19)/b11-8+. The lowest BCUT2D eigenvalue weighted by Crippen LogP contribution is -2.13. The summed E-state index contributed by atoms with van der Waals surface area (Å²) in [5.74, 6) is -0.428. The van der Waals surface area contributed by atoms with Gasteiger partial charge >= 0.3 is 0 Å². The van der Waals surface area contributed by atoms with Crippen LogP contribution >= 0.6 is 22.9 Å². The summed E-state index contributed by atoms with van der Waals surface area (Å²) in [6.45, 7) is 1.93. The number of nitrogens with one attached hydrogen (secondary N) is 1. The predicted octanol–water partition coefficient (Wildman–Crippen LogP) is 4.26. The van der Waals surface area contributed by atoms with Gasteiger partial charge in [0.15, 0.2) is 0 Å². The van der Waals surface area contributed by atoms with Gasteiger partial charge in [-0.05, 0) is 42.8 Å². The lowest BCUT2D eigenvalue weighted by molar-refractivity contribution is -0.112. The second-order valence-corrected chi connectivity index (χ2v) is 5.88. The molecule has 0 aliphatic heterocycles. The van der Waals surface area contributed by atoms with Gasteiger partial charge in [0, 0.05) is 10.6 Å². The SMILES string of the molecule is Cc1cccc(NC(=O)/C(C#N)=C/c2ccc(Cl)s2)c1. The second-order valence-electron chi connectivity index (χ2n) is 4.14. The molecule has 1 aromatic heterocycles. The van der Waals surface area contributed by atoms with E-state index in [0.29, 0.717) is 10.0 Å². The highest BCUT2D eigenvalue weighted by molar-refractivity contribution is 7.17. The van der Waals surface area contributed by atoms with Gasteiger partial charge in [-0.2, -0.15) is 5.26 Å². The fraction of sp³-hybridized carbons (Fsp3) is 0.0667. The van der Waals surface area contributed by atoms with Crippen molar-refractivity contribution in [3.63, 3.8) is 0 Å². The molecule has 5 heteroatoms. The summed E-state index contributed by atoms with van der Waals surface area (Å²) in [5, 5.41) is 11.8. The van der Waals surface area contributed by atoms with Crippen LogP contribution in [0.15, 0.2) is 42.0 Å². The number of carbonyl (C=O) groups is 1. The number of hydrogen-bond donors (Lipinski definition) is 1. The van der Waals surface area contributed by atoms with E-state index in [4.69, 9.17) is 16.9 Å². The third-order valence-corrected chi connectivity index (χ3v) is 3.70. The molecule has 2 aromatic rings. The number of rotatable bonds is 3. The summed E-state index contributed by atoms with van der Waals surface area (Å²) in [6, 6.07) is 12.8. The van der Waals surface area contributed by atoms with Crippen LogP contribution in [0.1, 0.15) is 10.4 Å². The first kappa shape index (κ1) is 14.3. The molecule has 1 amide bonds. The quantitative estimate of drug-likeness (QED) is 0.680. The summed E-state index contributed by atoms with van der Waals surface area (Å²) in [4.78, 5) is 12.8. The van der Waals surface area contributed by atoms with E-state index < -0.39 is 5.91 Å². The van der Waals surface area contributed by atoms with E-state index in [1.165, 1.54) is 17.4 Å². The molecule has 0 aliphatic carbocycles. The van der Waals surface area contributed by atoms with Crippen molar-refractivity contribution in [3.05, 3.63) is 56.7 Å². The van der Waals surface area contributed by atoms with E-state index in [1.807, 2.05) is 31.2 Å². The van der Waals surface area contributed by atoms with E-state index in [1.54, 1.807) is 18.2 Å². The van der Waals surface area contributed by atoms with Crippen molar-refractivity contribution in [3.8, 4) is 6.07 Å². The summed E-state index contributed by atoms with van der Waals surface area (Å²) < 4.78 is 0.618. The smallest absolute Gasteiger partial charge is 0.266 e. The molecule has 0 aliphatic rings. The van der Waals surface area contributed by atoms with Gasteiger partial charge in [0.05, 0.1) is 4.34 Å². The number of aryl methyl sites for hydroxylation is 1. The minimum atomic E-state index is -0.428. The zero-order valence-electron chi connectivity index (χ0n) is 10.7. The molecular weight excluding hydrogens is 292 g/mol. The van der Waals surface area contributed by atoms with E-state index in [2.05, 4.69) is 5.32 Å². The number of carbonyl (C=O) groups excluding carboxylic acids is 1. The average Bonchev–Trinajstić information content (AvgIpc) is 2.81. The van der Waals surface area contributed by atoms with Crippen molar-refractivity contribution in [2.75, 3.05) is 5.32 Å². The van der Waals surface area contributed by atoms with E-state index in [9.17, 15) is 4.79 Å². The van der Waals surface area contributed by atoms with Gasteiger partial charge < -0.3 is 5.32 Å². The first-order valence-corrected chi connectivity index (χ1v) is 7.03. The number of benzene rings is 1. The van der Waals surface area contributed by atoms with Crippen LogP contribution < -0.4 is 5.32 Å². The van der Waals surface area contributed by atoms with Crippen molar-refractivity contribution in [1.82, 2.24) is 0 Å². The molecular formula is C15H11ClN2OS. The zero-order chi connectivity index (χ0) is 14.5. The van der Waals surface area contributed by atoms with E-state index >= 15 is 0 Å². The Morgan fingerprint density at radius 1 is 1.40 bits per heavy atom. The molecule has 2 rings (SSSR count). The summed E-state index contributed by atoms with van der Waals surface area (Å²) in [5.41, 5.74) is 1.75. The van der Waals surface area contributed by atoms with Crippen LogP contribution in [0.4, 0.5) is 5.69 Å². The average molecular weight is 303 g/mol. The molecule has 0 atom stereocenters. The van der Waals surface area contributed by atoms with Crippen LogP contribution in [-0.2, 0) is 4.79 Å². The van der Waals surface area contributed by atoms with E-state index in [0.717, 1.165) is 10.4 Å². The van der Waals surface area contributed by atoms with Gasteiger partial charge in [-0.1, -0.05) is 23.7 Å². The number of halogens is 1. The Morgan fingerprint density at radius 2 is 2.20 bits per heavy atom. The fourth-order valence-electron chi connectivity index (χ4n) is 1.62. The van der Waals surface area contributed by atoms with Crippen molar-refractivity contribution in [1.29, 1.82) is 5.26 Å². The summed E-state index contributed by atoms with van der Waals surface area (Å²) in [7, 11) is 0. The predicted molar refractivity (Wildman–Crippen MR) is 82.7 cm³/mol. The maximum atomic E-state index is 12.0. The van der Waals surface area contributed by atoms with Crippen LogP contribution in [0.2, 0.25) is 4.34 Å². The molecule has 0 radical (unpaired) electrons. The molecule has 0 spiro atoms. The van der Waals surface area contributed by atoms with Crippen LogP contribution in [-0.4, -0.2) is 5.91 Å². The van der Waals surface area contributed by atoms with Crippen molar-refractivity contribution < 1.29 is 4.79 Å². The van der Waals surface area contributed by atoms with Gasteiger partial charge in [-0.3, -0.25) is 4.79 Å². The lowest BCUT2D eigenvalue weighted by Gasteiger charge is -2.04. The van der Waals surface area contributed by atoms with Gasteiger partial charge in [-0.15, -0.1) is 11.3 Å². The molecule has 0 unspecified atom stereocenters. The van der Waals surface area contributed by atoms with Crippen molar-refractivity contribution >= 4 is 40.6 Å². The highest BCUT2D eigenvalue weighted by atomic mass is 35.5. The highest BCUT2D eigenvalue weighted by Gasteiger charge is 2.10. The maximum absolute atomic E-state index is 12.0. The van der Waals surface area contributed by atoms with Crippen LogP contribution in [0.3, 0.4) is 0 Å². The highest BCUT2D eigenvalue weighted by Crippen LogP contribution is 2.23. The molecule has 0 saturated heterocycles. The summed E-state index contributed by atoms with van der Waals surface area (Å²) in [6.07, 6.45) is 1.53. The minimum absolute atomic E-state index is 0.0463. The molecule has 3 nitrogen and oxygen atoms in total. The molecule has 1 heterocycles. The Kier molecular flexibility index (Phi) is 4.57. The van der Waals surface area contributed by atoms with Gasteiger partial charge in [-0.25, -0.2) is 0 Å². The Morgan fingerprint density at radius 3 is 2.80 bits per heavy atom. The maximum Gasteiger partial charge on any atom is 0.266 e. The van der Waals surface area contributed by atoms with Gasteiger partial charge in [0.1, 0.15) is 11.6 Å². The van der Waals surface area contributed by atoms with Crippen molar-refractivity contribution in [2.45, 2.75) is 6.92 Å². The number of hydrogen-bond acceptors (Lipinski definition) is 3. The molecule has 0 saturated carbocycles.